The van der Waals surface area contributed by atoms with E-state index in [1.165, 1.54) is 7.11 Å². The molecule has 0 radical (unpaired) electrons. The van der Waals surface area contributed by atoms with Crippen molar-refractivity contribution in [1.82, 2.24) is 0 Å². The minimum absolute atomic E-state index is 0.114. The molecule has 98 valence electrons. The fraction of sp³-hybridized carbons (Fsp3) is 0.417. The Morgan fingerprint density at radius 2 is 2.11 bits per heavy atom. The molecule has 1 aromatic rings. The first-order valence-electron chi connectivity index (χ1n) is 5.66. The minimum Gasteiger partial charge on any atom is -0.465 e. The molecular weight excluding hydrogens is 254 g/mol. The van der Waals surface area contributed by atoms with Crippen molar-refractivity contribution in [3.63, 3.8) is 0 Å². The van der Waals surface area contributed by atoms with Gasteiger partial charge in [-0.05, 0) is 18.6 Å². The van der Waals surface area contributed by atoms with Gasteiger partial charge in [0.05, 0.1) is 24.2 Å². The Labute approximate surface area is 106 Å². The van der Waals surface area contributed by atoms with Crippen molar-refractivity contribution in [1.29, 1.82) is 0 Å². The number of nitrogens with one attached hydrogen (secondary N) is 1. The number of esters is 1. The molecule has 1 heterocycles. The van der Waals surface area contributed by atoms with Gasteiger partial charge < -0.3 is 10.1 Å². The van der Waals surface area contributed by atoms with E-state index in [1.807, 2.05) is 0 Å². The van der Waals surface area contributed by atoms with E-state index in [-0.39, 0.29) is 17.5 Å². The summed E-state index contributed by atoms with van der Waals surface area (Å²) in [6, 6.07) is 6.79. The van der Waals surface area contributed by atoms with Crippen molar-refractivity contribution >= 4 is 21.5 Å². The first-order valence-corrected chi connectivity index (χ1v) is 7.48. The Kier molecular flexibility index (Phi) is 3.56. The Hall–Kier alpha value is -1.56. The number of hydrogen-bond acceptors (Lipinski definition) is 5. The number of carbonyl (C=O) groups is 1. The first-order chi connectivity index (χ1) is 8.52. The van der Waals surface area contributed by atoms with Crippen LogP contribution >= 0.6 is 0 Å². The molecule has 1 saturated heterocycles. The molecule has 18 heavy (non-hydrogen) atoms. The molecule has 1 aliphatic heterocycles. The minimum atomic E-state index is -2.93. The SMILES string of the molecule is COC(=O)c1ccccc1NC1CCS(=O)(=O)C1. The standard InChI is InChI=1S/C12H15NO4S/c1-17-12(14)10-4-2-3-5-11(10)13-9-6-7-18(15,16)8-9/h2-5,9,13H,6-8H2,1H3. The number of anilines is 1. The van der Waals surface area contributed by atoms with Crippen LogP contribution in [0.2, 0.25) is 0 Å². The third-order valence-electron chi connectivity index (χ3n) is 2.92. The molecule has 0 spiro atoms. The van der Waals surface area contributed by atoms with Gasteiger partial charge in [0.25, 0.3) is 0 Å². The third kappa shape index (κ3) is 2.81. The fourth-order valence-electron chi connectivity index (χ4n) is 2.03. The quantitative estimate of drug-likeness (QED) is 0.831. The Bertz CT molecular complexity index is 553. The molecule has 0 amide bonds. The summed E-state index contributed by atoms with van der Waals surface area (Å²) in [7, 11) is -1.61. The van der Waals surface area contributed by atoms with Crippen LogP contribution in [-0.4, -0.2) is 39.0 Å². The van der Waals surface area contributed by atoms with Crippen molar-refractivity contribution in [2.24, 2.45) is 0 Å². The van der Waals surface area contributed by atoms with Crippen LogP contribution in [0.3, 0.4) is 0 Å². The molecule has 6 heteroatoms. The number of benzene rings is 1. The van der Waals surface area contributed by atoms with E-state index in [2.05, 4.69) is 10.1 Å². The van der Waals surface area contributed by atoms with E-state index in [4.69, 9.17) is 0 Å². The van der Waals surface area contributed by atoms with Crippen LogP contribution in [0.1, 0.15) is 16.8 Å². The van der Waals surface area contributed by atoms with Gasteiger partial charge in [-0.3, -0.25) is 0 Å². The molecule has 0 aliphatic carbocycles. The second-order valence-corrected chi connectivity index (χ2v) is 6.51. The highest BCUT2D eigenvalue weighted by molar-refractivity contribution is 7.91. The van der Waals surface area contributed by atoms with Gasteiger partial charge in [-0.2, -0.15) is 0 Å². The number of carbonyl (C=O) groups excluding carboxylic acids is 1. The maximum absolute atomic E-state index is 11.6. The Morgan fingerprint density at radius 3 is 2.72 bits per heavy atom. The van der Waals surface area contributed by atoms with E-state index in [9.17, 15) is 13.2 Å². The van der Waals surface area contributed by atoms with E-state index >= 15 is 0 Å². The lowest BCUT2D eigenvalue weighted by molar-refractivity contribution is 0.0602. The maximum Gasteiger partial charge on any atom is 0.339 e. The molecule has 1 aromatic carbocycles. The molecule has 1 N–H and O–H groups in total. The lowest BCUT2D eigenvalue weighted by atomic mass is 10.1. The summed E-state index contributed by atoms with van der Waals surface area (Å²) in [4.78, 5) is 11.6. The highest BCUT2D eigenvalue weighted by atomic mass is 32.2. The molecule has 5 nitrogen and oxygen atoms in total. The van der Waals surface area contributed by atoms with Crippen LogP contribution in [0.15, 0.2) is 24.3 Å². The zero-order chi connectivity index (χ0) is 13.2. The van der Waals surface area contributed by atoms with Gasteiger partial charge in [-0.25, -0.2) is 13.2 Å². The number of hydrogen-bond donors (Lipinski definition) is 1. The van der Waals surface area contributed by atoms with Crippen LogP contribution in [0.5, 0.6) is 0 Å². The predicted octanol–water partition coefficient (Wildman–Crippen LogP) is 1.07. The topological polar surface area (TPSA) is 72.5 Å². The van der Waals surface area contributed by atoms with Gasteiger partial charge in [0, 0.05) is 11.7 Å². The van der Waals surface area contributed by atoms with Crippen LogP contribution in [0.25, 0.3) is 0 Å². The molecule has 0 bridgehead atoms. The van der Waals surface area contributed by atoms with Gasteiger partial charge in [0.2, 0.25) is 0 Å². The second-order valence-electron chi connectivity index (χ2n) is 4.28. The molecule has 1 unspecified atom stereocenters. The van der Waals surface area contributed by atoms with E-state index in [0.29, 0.717) is 17.7 Å². The van der Waals surface area contributed by atoms with Gasteiger partial charge >= 0.3 is 5.97 Å². The second kappa shape index (κ2) is 4.97. The predicted molar refractivity (Wildman–Crippen MR) is 68.5 cm³/mol. The van der Waals surface area contributed by atoms with Crippen LogP contribution < -0.4 is 5.32 Å². The third-order valence-corrected chi connectivity index (χ3v) is 4.69. The van der Waals surface area contributed by atoms with Gasteiger partial charge in [0.15, 0.2) is 9.84 Å². The highest BCUT2D eigenvalue weighted by Crippen LogP contribution is 2.21. The van der Waals surface area contributed by atoms with Crippen molar-refractivity contribution in [3.05, 3.63) is 29.8 Å². The Morgan fingerprint density at radius 1 is 1.39 bits per heavy atom. The van der Waals surface area contributed by atoms with Gasteiger partial charge in [-0.1, -0.05) is 12.1 Å². The summed E-state index contributed by atoms with van der Waals surface area (Å²) in [5, 5.41) is 3.10. The molecule has 2 rings (SSSR count). The summed E-state index contributed by atoms with van der Waals surface area (Å²) >= 11 is 0. The van der Waals surface area contributed by atoms with Crippen LogP contribution in [0.4, 0.5) is 5.69 Å². The lowest BCUT2D eigenvalue weighted by Gasteiger charge is -2.15. The lowest BCUT2D eigenvalue weighted by Crippen LogP contribution is -2.22. The van der Waals surface area contributed by atoms with E-state index < -0.39 is 15.8 Å². The molecule has 1 fully saturated rings. The van der Waals surface area contributed by atoms with Crippen LogP contribution in [-0.2, 0) is 14.6 Å². The molecule has 0 saturated carbocycles. The zero-order valence-electron chi connectivity index (χ0n) is 10.0. The molecule has 1 atom stereocenters. The number of ether oxygens (including phenoxy) is 1. The molecular formula is C12H15NO4S. The van der Waals surface area contributed by atoms with E-state index in [0.717, 1.165) is 0 Å². The van der Waals surface area contributed by atoms with Crippen molar-refractivity contribution < 1.29 is 17.9 Å². The largest absolute Gasteiger partial charge is 0.465 e. The van der Waals surface area contributed by atoms with Crippen molar-refractivity contribution in [2.45, 2.75) is 12.5 Å². The summed E-state index contributed by atoms with van der Waals surface area (Å²) in [6.07, 6.45) is 0.567. The smallest absolute Gasteiger partial charge is 0.339 e. The average molecular weight is 269 g/mol. The zero-order valence-corrected chi connectivity index (χ0v) is 10.9. The van der Waals surface area contributed by atoms with E-state index in [1.54, 1.807) is 24.3 Å². The first kappa shape index (κ1) is 12.9. The summed E-state index contributed by atoms with van der Waals surface area (Å²) in [5.41, 5.74) is 1.04. The number of sulfone groups is 1. The molecule has 1 aliphatic rings. The fourth-order valence-corrected chi connectivity index (χ4v) is 3.70. The summed E-state index contributed by atoms with van der Waals surface area (Å²) < 4.78 is 27.4. The number of methoxy groups -OCH3 is 1. The van der Waals surface area contributed by atoms with Gasteiger partial charge in [-0.15, -0.1) is 0 Å². The summed E-state index contributed by atoms with van der Waals surface area (Å²) in [6.45, 7) is 0. The summed E-state index contributed by atoms with van der Waals surface area (Å²) in [5.74, 6) is -0.118. The number of para-hydroxylation sites is 1. The monoisotopic (exact) mass is 269 g/mol. The highest BCUT2D eigenvalue weighted by Gasteiger charge is 2.28. The maximum atomic E-state index is 11.6. The number of rotatable bonds is 3. The normalized spacial score (nSPS) is 21.5. The van der Waals surface area contributed by atoms with Crippen LogP contribution in [0, 0.1) is 0 Å². The average Bonchev–Trinajstić information content (AvgIpc) is 2.68. The van der Waals surface area contributed by atoms with Crippen molar-refractivity contribution in [3.8, 4) is 0 Å². The van der Waals surface area contributed by atoms with Gasteiger partial charge in [0.1, 0.15) is 0 Å². The Balaban J connectivity index is 2.17. The van der Waals surface area contributed by atoms with Crippen molar-refractivity contribution in [2.75, 3.05) is 23.9 Å². The molecule has 0 aromatic heterocycles.